The number of nitrogens with zero attached hydrogens (tertiary/aromatic N) is 1. The predicted octanol–water partition coefficient (Wildman–Crippen LogP) is 2.73. The van der Waals surface area contributed by atoms with Gasteiger partial charge in [-0.2, -0.15) is 0 Å². The third-order valence-corrected chi connectivity index (χ3v) is 3.35. The highest BCUT2D eigenvalue weighted by Crippen LogP contribution is 2.28. The summed E-state index contributed by atoms with van der Waals surface area (Å²) >= 11 is 0. The fraction of sp³-hybridized carbons (Fsp3) is 0.267. The number of hydrogen-bond acceptors (Lipinski definition) is 3. The number of nitrogens with one attached hydrogen (secondary N) is 1. The van der Waals surface area contributed by atoms with Crippen molar-refractivity contribution in [2.24, 2.45) is 0 Å². The first-order valence-electron chi connectivity index (χ1n) is 6.19. The smallest absolute Gasteiger partial charge is 0.128 e. The van der Waals surface area contributed by atoms with Crippen LogP contribution in [0, 0.1) is 19.7 Å². The molecule has 3 nitrogen and oxygen atoms in total. The van der Waals surface area contributed by atoms with Crippen LogP contribution in [0.15, 0.2) is 30.5 Å². The third kappa shape index (κ3) is 2.58. The van der Waals surface area contributed by atoms with Crippen molar-refractivity contribution in [3.05, 3.63) is 58.5 Å². The number of hydrogen-bond donors (Lipinski definition) is 2. The minimum atomic E-state index is -0.210. The number of nitrogen functional groups attached to an aromatic ring is 1. The molecule has 1 heterocycles. The Kier molecular flexibility index (Phi) is 3.81. The topological polar surface area (TPSA) is 50.9 Å². The minimum Gasteiger partial charge on any atom is -0.383 e. The van der Waals surface area contributed by atoms with E-state index in [0.29, 0.717) is 11.4 Å². The van der Waals surface area contributed by atoms with Gasteiger partial charge in [0.05, 0.1) is 6.04 Å². The van der Waals surface area contributed by atoms with E-state index in [1.165, 1.54) is 0 Å². The Morgan fingerprint density at radius 1 is 1.21 bits per heavy atom. The molecule has 100 valence electrons. The highest BCUT2D eigenvalue weighted by Gasteiger charge is 2.18. The Bertz CT molecular complexity index is 576. The number of aryl methyl sites for hydroxylation is 2. The quantitative estimate of drug-likeness (QED) is 0.891. The van der Waals surface area contributed by atoms with Gasteiger partial charge in [0.1, 0.15) is 11.6 Å². The van der Waals surface area contributed by atoms with Gasteiger partial charge in [-0.05, 0) is 49.7 Å². The molecule has 1 atom stereocenters. The fourth-order valence-corrected chi connectivity index (χ4v) is 2.23. The van der Waals surface area contributed by atoms with Gasteiger partial charge in [-0.15, -0.1) is 0 Å². The summed E-state index contributed by atoms with van der Waals surface area (Å²) in [5.74, 6) is 0.262. The highest BCUT2D eigenvalue weighted by molar-refractivity contribution is 5.50. The zero-order chi connectivity index (χ0) is 14.0. The molecule has 0 radical (unpaired) electrons. The summed E-state index contributed by atoms with van der Waals surface area (Å²) in [6.07, 6.45) is 1.68. The molecular formula is C15H18FN3. The number of halogens is 1. The van der Waals surface area contributed by atoms with Crippen molar-refractivity contribution >= 4 is 5.82 Å². The molecular weight excluding hydrogens is 241 g/mol. The van der Waals surface area contributed by atoms with Crippen LogP contribution in [-0.2, 0) is 0 Å². The van der Waals surface area contributed by atoms with E-state index in [1.54, 1.807) is 25.3 Å². The average Bonchev–Trinajstić information content (AvgIpc) is 2.37. The standard InChI is InChI=1S/C15H18FN3/c1-9-4-5-11(8-12(9)16)14(18-3)13-10(2)6-7-19-15(13)17/h4-8,14,18H,1-3H3,(H2,17,19). The van der Waals surface area contributed by atoms with Gasteiger partial charge in [-0.25, -0.2) is 9.37 Å². The Labute approximate surface area is 112 Å². The molecule has 2 rings (SSSR count). The van der Waals surface area contributed by atoms with Crippen molar-refractivity contribution in [1.82, 2.24) is 10.3 Å². The van der Waals surface area contributed by atoms with Crippen molar-refractivity contribution in [2.75, 3.05) is 12.8 Å². The fourth-order valence-electron chi connectivity index (χ4n) is 2.23. The summed E-state index contributed by atoms with van der Waals surface area (Å²) in [4.78, 5) is 4.12. The molecule has 0 bridgehead atoms. The molecule has 4 heteroatoms. The van der Waals surface area contributed by atoms with Crippen LogP contribution in [0.5, 0.6) is 0 Å². The van der Waals surface area contributed by atoms with E-state index in [1.807, 2.05) is 26.1 Å². The maximum Gasteiger partial charge on any atom is 0.128 e. The van der Waals surface area contributed by atoms with Crippen LogP contribution in [0.3, 0.4) is 0 Å². The second kappa shape index (κ2) is 5.36. The van der Waals surface area contributed by atoms with Gasteiger partial charge >= 0.3 is 0 Å². The van der Waals surface area contributed by atoms with Crippen LogP contribution in [0.25, 0.3) is 0 Å². The van der Waals surface area contributed by atoms with Gasteiger partial charge in [0.2, 0.25) is 0 Å². The average molecular weight is 259 g/mol. The number of rotatable bonds is 3. The van der Waals surface area contributed by atoms with Crippen molar-refractivity contribution < 1.29 is 4.39 Å². The molecule has 0 aliphatic heterocycles. The zero-order valence-corrected chi connectivity index (χ0v) is 11.4. The van der Waals surface area contributed by atoms with Gasteiger partial charge in [-0.1, -0.05) is 12.1 Å². The normalized spacial score (nSPS) is 12.4. The predicted molar refractivity (Wildman–Crippen MR) is 75.4 cm³/mol. The first-order chi connectivity index (χ1) is 9.04. The molecule has 0 saturated carbocycles. The Morgan fingerprint density at radius 2 is 1.95 bits per heavy atom. The Hall–Kier alpha value is -1.94. The highest BCUT2D eigenvalue weighted by atomic mass is 19.1. The van der Waals surface area contributed by atoms with Crippen molar-refractivity contribution in [2.45, 2.75) is 19.9 Å². The first kappa shape index (κ1) is 13.5. The molecule has 0 aliphatic rings. The molecule has 1 unspecified atom stereocenters. The van der Waals surface area contributed by atoms with Crippen molar-refractivity contribution in [3.8, 4) is 0 Å². The molecule has 3 N–H and O–H groups in total. The zero-order valence-electron chi connectivity index (χ0n) is 11.4. The Balaban J connectivity index is 2.53. The van der Waals surface area contributed by atoms with E-state index >= 15 is 0 Å². The van der Waals surface area contributed by atoms with Crippen LogP contribution >= 0.6 is 0 Å². The lowest BCUT2D eigenvalue weighted by Crippen LogP contribution is -2.21. The SMILES string of the molecule is CNC(c1ccc(C)c(F)c1)c1c(C)ccnc1N. The lowest BCUT2D eigenvalue weighted by molar-refractivity contribution is 0.608. The van der Waals surface area contributed by atoms with E-state index in [-0.39, 0.29) is 11.9 Å². The molecule has 0 amide bonds. The van der Waals surface area contributed by atoms with E-state index in [0.717, 1.165) is 16.7 Å². The number of benzene rings is 1. The van der Waals surface area contributed by atoms with Crippen LogP contribution in [0.2, 0.25) is 0 Å². The molecule has 0 spiro atoms. The molecule has 0 aliphatic carbocycles. The van der Waals surface area contributed by atoms with Crippen LogP contribution in [0.1, 0.15) is 28.3 Å². The van der Waals surface area contributed by atoms with Crippen molar-refractivity contribution in [3.63, 3.8) is 0 Å². The summed E-state index contributed by atoms with van der Waals surface area (Å²) in [6.45, 7) is 3.72. The molecule has 0 fully saturated rings. The number of nitrogens with two attached hydrogens (primary N) is 1. The van der Waals surface area contributed by atoms with Crippen LogP contribution in [-0.4, -0.2) is 12.0 Å². The molecule has 0 saturated heterocycles. The maximum atomic E-state index is 13.7. The largest absolute Gasteiger partial charge is 0.383 e. The summed E-state index contributed by atoms with van der Waals surface area (Å²) < 4.78 is 13.7. The number of pyridine rings is 1. The van der Waals surface area contributed by atoms with Crippen molar-refractivity contribution in [1.29, 1.82) is 0 Å². The van der Waals surface area contributed by atoms with Gasteiger partial charge < -0.3 is 11.1 Å². The second-order valence-electron chi connectivity index (χ2n) is 4.66. The first-order valence-corrected chi connectivity index (χ1v) is 6.19. The monoisotopic (exact) mass is 259 g/mol. The van der Waals surface area contributed by atoms with Gasteiger partial charge in [-0.3, -0.25) is 0 Å². The summed E-state index contributed by atoms with van der Waals surface area (Å²) in [5, 5.41) is 3.18. The third-order valence-electron chi connectivity index (χ3n) is 3.35. The number of anilines is 1. The van der Waals surface area contributed by atoms with Crippen LogP contribution < -0.4 is 11.1 Å². The molecule has 1 aromatic carbocycles. The minimum absolute atomic E-state index is 0.163. The Morgan fingerprint density at radius 3 is 2.53 bits per heavy atom. The van der Waals surface area contributed by atoms with Gasteiger partial charge in [0.25, 0.3) is 0 Å². The lowest BCUT2D eigenvalue weighted by Gasteiger charge is -2.21. The molecule has 19 heavy (non-hydrogen) atoms. The second-order valence-corrected chi connectivity index (χ2v) is 4.66. The molecule has 1 aromatic heterocycles. The maximum absolute atomic E-state index is 13.7. The molecule has 2 aromatic rings. The van der Waals surface area contributed by atoms with Crippen LogP contribution in [0.4, 0.5) is 10.2 Å². The summed E-state index contributed by atoms with van der Waals surface area (Å²) in [5.41, 5.74) is 9.36. The number of aromatic nitrogens is 1. The van der Waals surface area contributed by atoms with Gasteiger partial charge in [0, 0.05) is 11.8 Å². The van der Waals surface area contributed by atoms with E-state index in [2.05, 4.69) is 10.3 Å². The summed E-state index contributed by atoms with van der Waals surface area (Å²) in [7, 11) is 1.83. The van der Waals surface area contributed by atoms with E-state index < -0.39 is 0 Å². The van der Waals surface area contributed by atoms with E-state index in [9.17, 15) is 4.39 Å². The lowest BCUT2D eigenvalue weighted by atomic mass is 9.95. The summed E-state index contributed by atoms with van der Waals surface area (Å²) in [6, 6.07) is 6.97. The van der Waals surface area contributed by atoms with Gasteiger partial charge in [0.15, 0.2) is 0 Å². The van der Waals surface area contributed by atoms with E-state index in [4.69, 9.17) is 5.73 Å².